The molecule has 20 heavy (non-hydrogen) atoms. The first-order chi connectivity index (χ1) is 9.54. The molecule has 0 aliphatic carbocycles. The van der Waals surface area contributed by atoms with Crippen LogP contribution >= 0.6 is 0 Å². The number of rotatable bonds is 3. The van der Waals surface area contributed by atoms with E-state index >= 15 is 0 Å². The van der Waals surface area contributed by atoms with E-state index < -0.39 is 6.61 Å². The molecule has 0 aliphatic rings. The van der Waals surface area contributed by atoms with Crippen LogP contribution < -0.4 is 0 Å². The summed E-state index contributed by atoms with van der Waals surface area (Å²) in [6, 6.07) is 14.9. The highest BCUT2D eigenvalue weighted by atomic mass is 16.3. The highest BCUT2D eigenvalue weighted by Crippen LogP contribution is 2.09. The number of hydrogen-bond donors (Lipinski definition) is 2. The summed E-state index contributed by atoms with van der Waals surface area (Å²) in [5.74, 6) is -0.0365. The number of phenols is 1. The number of Topliss-reactive ketones (excluding diaryl/α,β-unsaturated/α-hetero) is 2. The van der Waals surface area contributed by atoms with Crippen molar-refractivity contribution in [2.45, 2.75) is 6.92 Å². The first kappa shape index (κ1) is 15.6. The molecule has 4 heteroatoms. The standard InChI is InChI=1S/2C8H8O2/c1-6(9)7-2-4-8(10)5-3-7;9-6-8(10)7-4-2-1-3-5-7/h2-5,10H,1H3;1-5,9H,6H2. The Morgan fingerprint density at radius 3 is 1.90 bits per heavy atom. The van der Waals surface area contributed by atoms with E-state index in [1.807, 2.05) is 6.07 Å². The maximum absolute atomic E-state index is 10.8. The molecule has 2 rings (SSSR count). The second-order valence-corrected chi connectivity index (χ2v) is 4.05. The zero-order chi connectivity index (χ0) is 15.0. The summed E-state index contributed by atoms with van der Waals surface area (Å²) in [5, 5.41) is 17.3. The second-order valence-electron chi connectivity index (χ2n) is 4.05. The van der Waals surface area contributed by atoms with Crippen molar-refractivity contribution >= 4 is 11.6 Å². The fourth-order valence-electron chi connectivity index (χ4n) is 1.41. The first-order valence-electron chi connectivity index (χ1n) is 6.03. The second kappa shape index (κ2) is 7.86. The number of aliphatic hydroxyl groups is 1. The van der Waals surface area contributed by atoms with E-state index in [1.54, 1.807) is 36.4 Å². The molecular formula is C16H16O4. The quantitative estimate of drug-likeness (QED) is 0.842. The predicted molar refractivity (Wildman–Crippen MR) is 76.0 cm³/mol. The van der Waals surface area contributed by atoms with Gasteiger partial charge in [-0.2, -0.15) is 0 Å². The van der Waals surface area contributed by atoms with Crippen molar-refractivity contribution in [3.05, 3.63) is 65.7 Å². The van der Waals surface area contributed by atoms with Gasteiger partial charge < -0.3 is 10.2 Å². The fraction of sp³-hybridized carbons (Fsp3) is 0.125. The van der Waals surface area contributed by atoms with E-state index in [0.29, 0.717) is 11.1 Å². The Hall–Kier alpha value is -2.46. The molecule has 0 saturated heterocycles. The summed E-state index contributed by atoms with van der Waals surface area (Å²) >= 11 is 0. The zero-order valence-electron chi connectivity index (χ0n) is 11.1. The van der Waals surface area contributed by atoms with Crippen molar-refractivity contribution < 1.29 is 19.8 Å². The third-order valence-corrected chi connectivity index (χ3v) is 2.51. The lowest BCUT2D eigenvalue weighted by Crippen LogP contribution is -2.02. The third-order valence-electron chi connectivity index (χ3n) is 2.51. The smallest absolute Gasteiger partial charge is 0.188 e. The van der Waals surface area contributed by atoms with Gasteiger partial charge in [0.05, 0.1) is 0 Å². The molecule has 0 amide bonds. The fourth-order valence-corrected chi connectivity index (χ4v) is 1.41. The Morgan fingerprint density at radius 2 is 1.45 bits per heavy atom. The third kappa shape index (κ3) is 5.04. The number of aromatic hydroxyl groups is 1. The molecule has 0 heterocycles. The van der Waals surface area contributed by atoms with Crippen LogP contribution in [0.25, 0.3) is 0 Å². The van der Waals surface area contributed by atoms with Crippen molar-refractivity contribution in [3.8, 4) is 5.75 Å². The van der Waals surface area contributed by atoms with E-state index in [-0.39, 0.29) is 17.3 Å². The Labute approximate surface area is 117 Å². The number of hydrogen-bond acceptors (Lipinski definition) is 4. The summed E-state index contributed by atoms with van der Waals surface area (Å²) in [6.45, 7) is 1.08. The van der Waals surface area contributed by atoms with Crippen molar-refractivity contribution in [2.24, 2.45) is 0 Å². The Bertz CT molecular complexity index is 559. The van der Waals surface area contributed by atoms with E-state index in [9.17, 15) is 9.59 Å². The molecule has 0 radical (unpaired) electrons. The number of aliphatic hydroxyl groups excluding tert-OH is 1. The molecule has 104 valence electrons. The highest BCUT2D eigenvalue weighted by Gasteiger charge is 1.99. The monoisotopic (exact) mass is 272 g/mol. The van der Waals surface area contributed by atoms with E-state index in [4.69, 9.17) is 10.2 Å². The summed E-state index contributed by atoms with van der Waals surface area (Å²) in [7, 11) is 0. The van der Waals surface area contributed by atoms with Crippen LogP contribution in [0.1, 0.15) is 27.6 Å². The summed E-state index contributed by atoms with van der Waals surface area (Å²) < 4.78 is 0. The van der Waals surface area contributed by atoms with Crippen LogP contribution in [0.4, 0.5) is 0 Å². The van der Waals surface area contributed by atoms with Gasteiger partial charge in [-0.05, 0) is 31.2 Å². The molecule has 0 aliphatic heterocycles. The number of ketones is 2. The van der Waals surface area contributed by atoms with Crippen molar-refractivity contribution in [1.29, 1.82) is 0 Å². The van der Waals surface area contributed by atoms with E-state index in [0.717, 1.165) is 0 Å². The lowest BCUT2D eigenvalue weighted by Gasteiger charge is -1.93. The summed E-state index contributed by atoms with van der Waals surface area (Å²) in [4.78, 5) is 21.4. The van der Waals surface area contributed by atoms with Gasteiger partial charge in [0.15, 0.2) is 11.6 Å². The number of carbonyl (C=O) groups excluding carboxylic acids is 2. The molecule has 0 aromatic heterocycles. The minimum atomic E-state index is -0.413. The first-order valence-corrected chi connectivity index (χ1v) is 6.03. The molecule has 2 aromatic carbocycles. The number of benzene rings is 2. The van der Waals surface area contributed by atoms with Gasteiger partial charge in [-0.3, -0.25) is 9.59 Å². The molecular weight excluding hydrogens is 256 g/mol. The zero-order valence-corrected chi connectivity index (χ0v) is 11.1. The van der Waals surface area contributed by atoms with Crippen LogP contribution in [-0.4, -0.2) is 28.4 Å². The molecule has 2 aromatic rings. The van der Waals surface area contributed by atoms with Gasteiger partial charge in [0.1, 0.15) is 12.4 Å². The van der Waals surface area contributed by atoms with Crippen LogP contribution in [-0.2, 0) is 0 Å². The van der Waals surface area contributed by atoms with Gasteiger partial charge >= 0.3 is 0 Å². The lowest BCUT2D eigenvalue weighted by atomic mass is 10.1. The van der Waals surface area contributed by atoms with E-state index in [2.05, 4.69) is 0 Å². The van der Waals surface area contributed by atoms with Crippen LogP contribution in [0, 0.1) is 0 Å². The van der Waals surface area contributed by atoms with Gasteiger partial charge in [0, 0.05) is 11.1 Å². The molecule has 0 fully saturated rings. The number of carbonyl (C=O) groups is 2. The maximum atomic E-state index is 10.8. The normalized spacial score (nSPS) is 9.30. The number of phenolic OH excluding ortho intramolecular Hbond substituents is 1. The minimum absolute atomic E-state index is 0.0139. The van der Waals surface area contributed by atoms with Crippen LogP contribution in [0.15, 0.2) is 54.6 Å². The van der Waals surface area contributed by atoms with Crippen LogP contribution in [0.5, 0.6) is 5.75 Å². The van der Waals surface area contributed by atoms with Crippen molar-refractivity contribution in [1.82, 2.24) is 0 Å². The van der Waals surface area contributed by atoms with Gasteiger partial charge in [-0.15, -0.1) is 0 Å². The van der Waals surface area contributed by atoms with Crippen LogP contribution in [0.2, 0.25) is 0 Å². The topological polar surface area (TPSA) is 74.6 Å². The molecule has 0 bridgehead atoms. The summed E-state index contributed by atoms with van der Waals surface area (Å²) in [6.07, 6.45) is 0. The predicted octanol–water partition coefficient (Wildman–Crippen LogP) is 2.46. The van der Waals surface area contributed by atoms with Gasteiger partial charge in [-0.1, -0.05) is 30.3 Å². The maximum Gasteiger partial charge on any atom is 0.188 e. The highest BCUT2D eigenvalue weighted by molar-refractivity contribution is 5.96. The van der Waals surface area contributed by atoms with Crippen molar-refractivity contribution in [2.75, 3.05) is 6.61 Å². The Kier molecular flexibility index (Phi) is 6.13. The van der Waals surface area contributed by atoms with Crippen LogP contribution in [0.3, 0.4) is 0 Å². The SMILES string of the molecule is CC(=O)c1ccc(O)cc1.O=C(CO)c1ccccc1. The van der Waals surface area contributed by atoms with Gasteiger partial charge in [-0.25, -0.2) is 0 Å². The average molecular weight is 272 g/mol. The molecule has 0 atom stereocenters. The minimum Gasteiger partial charge on any atom is -0.508 e. The molecule has 0 unspecified atom stereocenters. The van der Waals surface area contributed by atoms with E-state index in [1.165, 1.54) is 19.1 Å². The Balaban J connectivity index is 0.000000200. The summed E-state index contributed by atoms with van der Waals surface area (Å²) in [5.41, 5.74) is 1.18. The molecule has 2 N–H and O–H groups in total. The largest absolute Gasteiger partial charge is 0.508 e. The molecule has 4 nitrogen and oxygen atoms in total. The van der Waals surface area contributed by atoms with Gasteiger partial charge in [0.25, 0.3) is 0 Å². The van der Waals surface area contributed by atoms with Gasteiger partial charge in [0.2, 0.25) is 0 Å². The molecule has 0 saturated carbocycles. The average Bonchev–Trinajstić information content (AvgIpc) is 2.48. The lowest BCUT2D eigenvalue weighted by molar-refractivity contribution is 0.0903. The molecule has 0 spiro atoms. The Morgan fingerprint density at radius 1 is 0.900 bits per heavy atom. The van der Waals surface area contributed by atoms with Crippen molar-refractivity contribution in [3.63, 3.8) is 0 Å².